The molecule has 0 spiro atoms. The van der Waals surface area contributed by atoms with E-state index < -0.39 is 0 Å². The van der Waals surface area contributed by atoms with Gasteiger partial charge < -0.3 is 4.74 Å². The molecule has 0 radical (unpaired) electrons. The predicted octanol–water partition coefficient (Wildman–Crippen LogP) is 0.949. The third-order valence-corrected chi connectivity index (χ3v) is 4.42. The minimum atomic E-state index is 0.0969. The number of nitrogens with zero attached hydrogens (tertiary/aromatic N) is 3. The Labute approximate surface area is 127 Å². The number of ether oxygens (including phenoxy) is 1. The van der Waals surface area contributed by atoms with Crippen molar-refractivity contribution >= 4 is 0 Å². The van der Waals surface area contributed by atoms with Crippen LogP contribution in [0.3, 0.4) is 0 Å². The van der Waals surface area contributed by atoms with Gasteiger partial charge in [0.2, 0.25) is 0 Å². The van der Waals surface area contributed by atoms with Gasteiger partial charge in [-0.3, -0.25) is 20.9 Å². The lowest BCUT2D eigenvalue weighted by atomic mass is 10.0. The molecule has 1 aliphatic rings. The van der Waals surface area contributed by atoms with Gasteiger partial charge in [-0.1, -0.05) is 13.8 Å². The highest BCUT2D eigenvalue weighted by Gasteiger charge is 2.27. The molecule has 0 amide bonds. The molecule has 3 N–H and O–H groups in total. The first kappa shape index (κ1) is 16.4. The summed E-state index contributed by atoms with van der Waals surface area (Å²) in [6.45, 7) is 10.3. The second kappa shape index (κ2) is 7.89. The standard InChI is InChI=1S/C15H29N5O/c1-4-12(3)20-7-6-13(18-20)10-14(17-16)15-11-19(5-2)8-9-21-15/h6-7,12,14-15,17H,4-5,8-11,16H2,1-3H3. The third-order valence-electron chi connectivity index (χ3n) is 4.42. The number of hydrazine groups is 1. The van der Waals surface area contributed by atoms with Crippen LogP contribution in [-0.2, 0) is 11.2 Å². The lowest BCUT2D eigenvalue weighted by Crippen LogP contribution is -2.54. The van der Waals surface area contributed by atoms with Gasteiger partial charge in [0.1, 0.15) is 0 Å². The predicted molar refractivity (Wildman–Crippen MR) is 83.9 cm³/mol. The number of rotatable bonds is 7. The minimum Gasteiger partial charge on any atom is -0.374 e. The van der Waals surface area contributed by atoms with Crippen molar-refractivity contribution in [3.05, 3.63) is 18.0 Å². The highest BCUT2D eigenvalue weighted by atomic mass is 16.5. The number of aromatic nitrogens is 2. The molecule has 0 aliphatic carbocycles. The van der Waals surface area contributed by atoms with Gasteiger partial charge in [-0.15, -0.1) is 0 Å². The monoisotopic (exact) mass is 295 g/mol. The van der Waals surface area contributed by atoms with Crippen LogP contribution in [0.4, 0.5) is 0 Å². The lowest BCUT2D eigenvalue weighted by Gasteiger charge is -2.36. The average molecular weight is 295 g/mol. The molecule has 3 atom stereocenters. The summed E-state index contributed by atoms with van der Waals surface area (Å²) in [4.78, 5) is 2.40. The highest BCUT2D eigenvalue weighted by molar-refractivity contribution is 5.03. The van der Waals surface area contributed by atoms with Crippen molar-refractivity contribution < 1.29 is 4.74 Å². The van der Waals surface area contributed by atoms with Gasteiger partial charge in [0, 0.05) is 31.7 Å². The van der Waals surface area contributed by atoms with Crippen LogP contribution in [0.1, 0.15) is 38.9 Å². The molecular formula is C15H29N5O. The van der Waals surface area contributed by atoms with Gasteiger partial charge in [-0.25, -0.2) is 0 Å². The van der Waals surface area contributed by atoms with Crippen LogP contribution in [0.2, 0.25) is 0 Å². The Hall–Kier alpha value is -0.950. The summed E-state index contributed by atoms with van der Waals surface area (Å²) in [5.41, 5.74) is 3.98. The number of nitrogens with two attached hydrogens (primary N) is 1. The van der Waals surface area contributed by atoms with Crippen molar-refractivity contribution in [1.82, 2.24) is 20.1 Å². The summed E-state index contributed by atoms with van der Waals surface area (Å²) in [6.07, 6.45) is 4.05. The van der Waals surface area contributed by atoms with Crippen LogP contribution in [0.15, 0.2) is 12.3 Å². The van der Waals surface area contributed by atoms with E-state index in [1.54, 1.807) is 0 Å². The molecule has 1 aromatic heterocycles. The Morgan fingerprint density at radius 3 is 3.00 bits per heavy atom. The van der Waals surface area contributed by atoms with E-state index in [-0.39, 0.29) is 12.1 Å². The van der Waals surface area contributed by atoms with E-state index >= 15 is 0 Å². The van der Waals surface area contributed by atoms with E-state index in [2.05, 4.69) is 48.5 Å². The molecule has 1 aromatic rings. The van der Waals surface area contributed by atoms with E-state index in [1.165, 1.54) is 0 Å². The molecule has 2 heterocycles. The van der Waals surface area contributed by atoms with Gasteiger partial charge >= 0.3 is 0 Å². The third kappa shape index (κ3) is 4.26. The van der Waals surface area contributed by atoms with Gasteiger partial charge in [0.25, 0.3) is 0 Å². The maximum absolute atomic E-state index is 5.89. The molecule has 0 saturated carbocycles. The fraction of sp³-hybridized carbons (Fsp3) is 0.800. The lowest BCUT2D eigenvalue weighted by molar-refractivity contribution is -0.0449. The molecule has 6 heteroatoms. The van der Waals surface area contributed by atoms with Crippen LogP contribution in [0.25, 0.3) is 0 Å². The average Bonchev–Trinajstić information content (AvgIpc) is 3.00. The Kier molecular flexibility index (Phi) is 6.17. The van der Waals surface area contributed by atoms with Crippen LogP contribution in [0.5, 0.6) is 0 Å². The van der Waals surface area contributed by atoms with Crippen molar-refractivity contribution in [3.63, 3.8) is 0 Å². The second-order valence-corrected chi connectivity index (χ2v) is 5.82. The van der Waals surface area contributed by atoms with E-state index in [1.807, 2.05) is 4.68 Å². The normalized spacial score (nSPS) is 23.1. The minimum absolute atomic E-state index is 0.0969. The maximum Gasteiger partial charge on any atom is 0.0872 e. The van der Waals surface area contributed by atoms with E-state index in [4.69, 9.17) is 10.6 Å². The largest absolute Gasteiger partial charge is 0.374 e. The van der Waals surface area contributed by atoms with Gasteiger partial charge in [-0.2, -0.15) is 5.10 Å². The molecule has 1 aliphatic heterocycles. The van der Waals surface area contributed by atoms with Crippen LogP contribution in [-0.4, -0.2) is 53.1 Å². The van der Waals surface area contributed by atoms with Crippen LogP contribution >= 0.6 is 0 Å². The first-order valence-corrected chi connectivity index (χ1v) is 8.02. The molecule has 6 nitrogen and oxygen atoms in total. The van der Waals surface area contributed by atoms with E-state index in [0.29, 0.717) is 6.04 Å². The smallest absolute Gasteiger partial charge is 0.0872 e. The Balaban J connectivity index is 1.96. The number of likely N-dealkylation sites (N-methyl/N-ethyl adjacent to an activating group) is 1. The molecule has 3 unspecified atom stereocenters. The van der Waals surface area contributed by atoms with Gasteiger partial charge in [0.05, 0.1) is 24.4 Å². The Morgan fingerprint density at radius 1 is 1.52 bits per heavy atom. The summed E-state index contributed by atoms with van der Waals surface area (Å²) >= 11 is 0. The Bertz CT molecular complexity index is 422. The molecule has 0 bridgehead atoms. The zero-order valence-corrected chi connectivity index (χ0v) is 13.5. The molecule has 1 saturated heterocycles. The van der Waals surface area contributed by atoms with Gasteiger partial charge in [-0.05, 0) is 26.0 Å². The number of hydrogen-bond acceptors (Lipinski definition) is 5. The summed E-state index contributed by atoms with van der Waals surface area (Å²) in [6, 6.07) is 2.61. The molecule has 1 fully saturated rings. The fourth-order valence-electron chi connectivity index (χ4n) is 2.70. The van der Waals surface area contributed by atoms with Crippen molar-refractivity contribution in [2.24, 2.45) is 5.84 Å². The quantitative estimate of drug-likeness (QED) is 0.579. The van der Waals surface area contributed by atoms with Crippen molar-refractivity contribution in [2.45, 2.75) is 51.8 Å². The molecular weight excluding hydrogens is 266 g/mol. The first-order valence-electron chi connectivity index (χ1n) is 8.02. The molecule has 120 valence electrons. The maximum atomic E-state index is 5.89. The van der Waals surface area contributed by atoms with E-state index in [9.17, 15) is 0 Å². The SMILES string of the molecule is CCC(C)n1ccc(CC(NN)C2CN(CC)CCO2)n1. The van der Waals surface area contributed by atoms with Crippen molar-refractivity contribution in [2.75, 3.05) is 26.2 Å². The molecule has 21 heavy (non-hydrogen) atoms. The van der Waals surface area contributed by atoms with Crippen LogP contribution < -0.4 is 11.3 Å². The topological polar surface area (TPSA) is 68.3 Å². The molecule has 0 aromatic carbocycles. The number of nitrogens with one attached hydrogen (secondary N) is 1. The number of hydrogen-bond donors (Lipinski definition) is 2. The van der Waals surface area contributed by atoms with E-state index in [0.717, 1.165) is 44.8 Å². The van der Waals surface area contributed by atoms with Gasteiger partial charge in [0.15, 0.2) is 0 Å². The zero-order valence-electron chi connectivity index (χ0n) is 13.5. The fourth-order valence-corrected chi connectivity index (χ4v) is 2.70. The van der Waals surface area contributed by atoms with Crippen molar-refractivity contribution in [3.8, 4) is 0 Å². The summed E-state index contributed by atoms with van der Waals surface area (Å²) in [7, 11) is 0. The summed E-state index contributed by atoms with van der Waals surface area (Å²) < 4.78 is 7.92. The second-order valence-electron chi connectivity index (χ2n) is 5.82. The molecule has 2 rings (SSSR count). The number of morpholine rings is 1. The van der Waals surface area contributed by atoms with Crippen LogP contribution in [0, 0.1) is 0 Å². The summed E-state index contributed by atoms with van der Waals surface area (Å²) in [5.74, 6) is 5.75. The highest BCUT2D eigenvalue weighted by Crippen LogP contribution is 2.14. The first-order chi connectivity index (χ1) is 10.2. The zero-order chi connectivity index (χ0) is 15.2. The summed E-state index contributed by atoms with van der Waals surface area (Å²) in [5, 5.41) is 4.65. The van der Waals surface area contributed by atoms with Crippen molar-refractivity contribution in [1.29, 1.82) is 0 Å². The Morgan fingerprint density at radius 2 is 2.33 bits per heavy atom.